The zero-order chi connectivity index (χ0) is 10.9. The molecule has 0 amide bonds. The van der Waals surface area contributed by atoms with Crippen molar-refractivity contribution >= 4 is 8.24 Å². The van der Waals surface area contributed by atoms with Crippen molar-refractivity contribution in [3.63, 3.8) is 0 Å². The number of rotatable bonds is 2. The highest BCUT2D eigenvalue weighted by atomic mass is 28.3. The maximum Gasteiger partial charge on any atom is 0.122 e. The van der Waals surface area contributed by atoms with Gasteiger partial charge in [0.15, 0.2) is 0 Å². The molecular formula is C13H21NSi. The van der Waals surface area contributed by atoms with E-state index in [-0.39, 0.29) is 0 Å². The first kappa shape index (κ1) is 10.9. The average Bonchev–Trinajstić information content (AvgIpc) is 2.41. The van der Waals surface area contributed by atoms with Crippen LogP contribution in [0.25, 0.3) is 0 Å². The van der Waals surface area contributed by atoms with Gasteiger partial charge in [-0.05, 0) is 24.1 Å². The van der Waals surface area contributed by atoms with Gasteiger partial charge in [-0.1, -0.05) is 50.3 Å². The van der Waals surface area contributed by atoms with Crippen molar-refractivity contribution in [1.82, 2.24) is 4.57 Å². The van der Waals surface area contributed by atoms with Crippen LogP contribution < -0.4 is 0 Å². The molecule has 1 heterocycles. The van der Waals surface area contributed by atoms with Gasteiger partial charge in [-0.15, -0.1) is 0 Å². The van der Waals surface area contributed by atoms with E-state index in [1.54, 1.807) is 0 Å². The first-order chi connectivity index (χ1) is 7.08. The fourth-order valence-corrected chi connectivity index (χ4v) is 6.26. The molecule has 0 spiro atoms. The smallest absolute Gasteiger partial charge is 0.122 e. The van der Waals surface area contributed by atoms with Crippen LogP contribution in [0.4, 0.5) is 0 Å². The summed E-state index contributed by atoms with van der Waals surface area (Å²) in [5.74, 6) is 0.898. The number of hydrogen-bond donors (Lipinski definition) is 0. The normalized spacial score (nSPS) is 25.7. The third-order valence-corrected chi connectivity index (χ3v) is 7.20. The van der Waals surface area contributed by atoms with E-state index in [1.165, 1.54) is 18.2 Å². The van der Waals surface area contributed by atoms with E-state index in [2.05, 4.69) is 54.9 Å². The fraction of sp³-hybridized carbons (Fsp3) is 0.538. The Labute approximate surface area is 94.2 Å². The van der Waals surface area contributed by atoms with Crippen molar-refractivity contribution in [2.75, 3.05) is 6.54 Å². The first-order valence-corrected chi connectivity index (χ1v) is 9.02. The molecule has 15 heavy (non-hydrogen) atoms. The monoisotopic (exact) mass is 219 g/mol. The zero-order valence-corrected chi connectivity index (χ0v) is 11.0. The Morgan fingerprint density at radius 2 is 1.93 bits per heavy atom. The van der Waals surface area contributed by atoms with Crippen molar-refractivity contribution in [2.24, 2.45) is 5.92 Å². The first-order valence-electron chi connectivity index (χ1n) is 5.87. The Morgan fingerprint density at radius 3 is 2.47 bits per heavy atom. The van der Waals surface area contributed by atoms with Gasteiger partial charge in [0.25, 0.3) is 0 Å². The molecular weight excluding hydrogens is 198 g/mol. The summed E-state index contributed by atoms with van der Waals surface area (Å²) in [6.45, 7) is 9.84. The summed E-state index contributed by atoms with van der Waals surface area (Å²) in [5, 5.41) is 0. The molecule has 2 rings (SSSR count). The van der Waals surface area contributed by atoms with E-state index < -0.39 is 8.24 Å². The van der Waals surface area contributed by atoms with Gasteiger partial charge in [0.2, 0.25) is 0 Å². The maximum atomic E-state index is 2.74. The molecule has 0 saturated carbocycles. The van der Waals surface area contributed by atoms with Crippen molar-refractivity contribution < 1.29 is 0 Å². The SMILES string of the molecule is CC1CN(Cc2ccccc2)[Si](C)(C)C1. The summed E-state index contributed by atoms with van der Waals surface area (Å²) in [7, 11) is -1.08. The minimum atomic E-state index is -1.08. The zero-order valence-electron chi connectivity index (χ0n) is 10.0. The van der Waals surface area contributed by atoms with Crippen LogP contribution in [0.15, 0.2) is 30.3 Å². The van der Waals surface area contributed by atoms with Crippen LogP contribution in [-0.4, -0.2) is 19.3 Å². The molecule has 1 aromatic carbocycles. The van der Waals surface area contributed by atoms with E-state index in [4.69, 9.17) is 0 Å². The van der Waals surface area contributed by atoms with Crippen LogP contribution in [0.1, 0.15) is 12.5 Å². The molecule has 1 saturated heterocycles. The van der Waals surface area contributed by atoms with Gasteiger partial charge < -0.3 is 4.57 Å². The van der Waals surface area contributed by atoms with E-state index in [0.29, 0.717) is 0 Å². The van der Waals surface area contributed by atoms with Crippen molar-refractivity contribution in [1.29, 1.82) is 0 Å². The topological polar surface area (TPSA) is 3.24 Å². The summed E-state index contributed by atoms with van der Waals surface area (Å²) in [6, 6.07) is 12.3. The van der Waals surface area contributed by atoms with Crippen LogP contribution in [-0.2, 0) is 6.54 Å². The number of benzene rings is 1. The number of hydrogen-bond acceptors (Lipinski definition) is 1. The summed E-state index contributed by atoms with van der Waals surface area (Å²) in [6.07, 6.45) is 0. The molecule has 1 aliphatic rings. The summed E-state index contributed by atoms with van der Waals surface area (Å²) < 4.78 is 2.74. The van der Waals surface area contributed by atoms with Gasteiger partial charge in [-0.3, -0.25) is 0 Å². The predicted molar refractivity (Wildman–Crippen MR) is 68.3 cm³/mol. The Morgan fingerprint density at radius 1 is 1.27 bits per heavy atom. The molecule has 0 bridgehead atoms. The lowest BCUT2D eigenvalue weighted by atomic mass is 10.2. The highest BCUT2D eigenvalue weighted by Gasteiger charge is 2.37. The van der Waals surface area contributed by atoms with Crippen molar-refractivity contribution in [3.05, 3.63) is 35.9 Å². The van der Waals surface area contributed by atoms with Gasteiger partial charge in [0, 0.05) is 6.54 Å². The molecule has 82 valence electrons. The van der Waals surface area contributed by atoms with E-state index >= 15 is 0 Å². The molecule has 1 unspecified atom stereocenters. The summed E-state index contributed by atoms with van der Waals surface area (Å²) in [4.78, 5) is 0. The van der Waals surface area contributed by atoms with Gasteiger partial charge in [0.1, 0.15) is 8.24 Å². The number of nitrogens with zero attached hydrogens (tertiary/aromatic N) is 1. The highest BCUT2D eigenvalue weighted by Crippen LogP contribution is 2.31. The predicted octanol–water partition coefficient (Wildman–Crippen LogP) is 3.34. The van der Waals surface area contributed by atoms with E-state index in [0.717, 1.165) is 12.5 Å². The summed E-state index contributed by atoms with van der Waals surface area (Å²) >= 11 is 0. The Balaban J connectivity index is 2.07. The van der Waals surface area contributed by atoms with Crippen LogP contribution in [0.3, 0.4) is 0 Å². The van der Waals surface area contributed by atoms with Crippen LogP contribution in [0.5, 0.6) is 0 Å². The standard InChI is InChI=1S/C13H21NSi/c1-12-9-14(15(2,3)11-12)10-13-7-5-4-6-8-13/h4-8,12H,9-11H2,1-3H3. The minimum absolute atomic E-state index is 0.898. The van der Waals surface area contributed by atoms with E-state index in [1.807, 2.05) is 0 Å². The van der Waals surface area contributed by atoms with Gasteiger partial charge in [-0.25, -0.2) is 0 Å². The molecule has 1 fully saturated rings. The molecule has 0 aromatic heterocycles. The molecule has 1 nitrogen and oxygen atoms in total. The van der Waals surface area contributed by atoms with Crippen molar-refractivity contribution in [2.45, 2.75) is 32.6 Å². The van der Waals surface area contributed by atoms with Gasteiger partial charge in [-0.2, -0.15) is 0 Å². The third-order valence-electron chi connectivity index (χ3n) is 3.45. The molecule has 0 aliphatic carbocycles. The average molecular weight is 219 g/mol. The molecule has 0 N–H and O–H groups in total. The Kier molecular flexibility index (Phi) is 2.98. The lowest BCUT2D eigenvalue weighted by molar-refractivity contribution is 0.413. The Bertz CT molecular complexity index is 321. The fourth-order valence-electron chi connectivity index (χ4n) is 2.75. The second-order valence-corrected chi connectivity index (χ2v) is 10.2. The highest BCUT2D eigenvalue weighted by molar-refractivity contribution is 6.75. The Hall–Kier alpha value is -0.603. The van der Waals surface area contributed by atoms with Crippen LogP contribution in [0.2, 0.25) is 19.1 Å². The summed E-state index contributed by atoms with van der Waals surface area (Å²) in [5.41, 5.74) is 1.46. The van der Waals surface area contributed by atoms with Crippen LogP contribution in [0, 0.1) is 5.92 Å². The molecule has 1 aromatic rings. The molecule has 1 atom stereocenters. The van der Waals surface area contributed by atoms with Crippen molar-refractivity contribution in [3.8, 4) is 0 Å². The molecule has 1 aliphatic heterocycles. The van der Waals surface area contributed by atoms with Gasteiger partial charge in [0.05, 0.1) is 0 Å². The molecule has 0 radical (unpaired) electrons. The van der Waals surface area contributed by atoms with Crippen LogP contribution >= 0.6 is 0 Å². The van der Waals surface area contributed by atoms with E-state index in [9.17, 15) is 0 Å². The largest absolute Gasteiger partial charge is 0.319 e. The quantitative estimate of drug-likeness (QED) is 0.690. The second kappa shape index (κ2) is 4.10. The minimum Gasteiger partial charge on any atom is -0.319 e. The lowest BCUT2D eigenvalue weighted by Gasteiger charge is -2.29. The lowest BCUT2D eigenvalue weighted by Crippen LogP contribution is -2.42. The maximum absolute atomic E-state index is 2.74. The third kappa shape index (κ3) is 2.50. The second-order valence-electron chi connectivity index (χ2n) is 5.49. The van der Waals surface area contributed by atoms with Gasteiger partial charge >= 0.3 is 0 Å². The molecule has 2 heteroatoms.